The molecule has 1 unspecified atom stereocenters. The molecule has 15 heavy (non-hydrogen) atoms. The Kier molecular flexibility index (Phi) is 2.73. The van der Waals surface area contributed by atoms with Crippen LogP contribution in [-0.2, 0) is 18.4 Å². The largest absolute Gasteiger partial charge is 0.480 e. The summed E-state index contributed by atoms with van der Waals surface area (Å²) in [6, 6.07) is -0.398. The summed E-state index contributed by atoms with van der Waals surface area (Å²) in [5, 5.41) is 16.1. The number of aryl methyl sites for hydroxylation is 1. The zero-order valence-electron chi connectivity index (χ0n) is 8.68. The number of carbonyl (C=O) groups is 1. The average molecular weight is 209 g/mol. The van der Waals surface area contributed by atoms with E-state index in [2.05, 4.69) is 10.4 Å². The molecule has 2 rings (SSSR count). The van der Waals surface area contributed by atoms with E-state index >= 15 is 0 Å². The quantitative estimate of drug-likeness (QED) is 0.735. The number of hydrogen-bond donors (Lipinski definition) is 2. The fourth-order valence-electron chi connectivity index (χ4n) is 1.68. The molecular formula is C10H15N3O2. The molecule has 5 nitrogen and oxygen atoms in total. The minimum atomic E-state index is -0.749. The topological polar surface area (TPSA) is 67.2 Å². The first-order valence-corrected chi connectivity index (χ1v) is 5.10. The molecule has 1 atom stereocenters. The van der Waals surface area contributed by atoms with E-state index in [4.69, 9.17) is 5.11 Å². The molecule has 0 spiro atoms. The Hall–Kier alpha value is -1.36. The predicted molar refractivity (Wildman–Crippen MR) is 54.2 cm³/mol. The second kappa shape index (κ2) is 4.02. The lowest BCUT2D eigenvalue weighted by Crippen LogP contribution is -2.37. The summed E-state index contributed by atoms with van der Waals surface area (Å²) in [6.07, 6.45) is 5.69. The molecule has 5 heteroatoms. The van der Waals surface area contributed by atoms with Crippen molar-refractivity contribution in [1.29, 1.82) is 0 Å². The van der Waals surface area contributed by atoms with Gasteiger partial charge in [0.15, 0.2) is 0 Å². The van der Waals surface area contributed by atoms with Gasteiger partial charge in [-0.25, -0.2) is 0 Å². The second-order valence-electron chi connectivity index (χ2n) is 4.06. The third-order valence-corrected chi connectivity index (χ3v) is 2.64. The number of aliphatic carboxylic acids is 1. The molecule has 0 amide bonds. The highest BCUT2D eigenvalue weighted by molar-refractivity contribution is 5.74. The smallest absolute Gasteiger partial charge is 0.320 e. The Balaban J connectivity index is 1.87. The molecule has 0 radical (unpaired) electrons. The number of nitrogens with one attached hydrogen (secondary N) is 1. The van der Waals surface area contributed by atoms with Crippen LogP contribution in [0.25, 0.3) is 0 Å². The van der Waals surface area contributed by atoms with Crippen molar-refractivity contribution in [2.75, 3.05) is 0 Å². The minimum Gasteiger partial charge on any atom is -0.480 e. The van der Waals surface area contributed by atoms with Crippen molar-refractivity contribution in [2.45, 2.75) is 25.4 Å². The molecule has 0 aliphatic heterocycles. The maximum Gasteiger partial charge on any atom is 0.320 e. The molecule has 1 aromatic rings. The Bertz CT molecular complexity index is 357. The zero-order valence-corrected chi connectivity index (χ0v) is 8.68. The van der Waals surface area contributed by atoms with E-state index < -0.39 is 12.0 Å². The molecule has 1 heterocycles. The van der Waals surface area contributed by atoms with E-state index in [0.717, 1.165) is 18.4 Å². The zero-order chi connectivity index (χ0) is 10.8. The van der Waals surface area contributed by atoms with Crippen LogP contribution in [0.4, 0.5) is 0 Å². The van der Waals surface area contributed by atoms with Crippen LogP contribution < -0.4 is 5.32 Å². The van der Waals surface area contributed by atoms with E-state index in [1.165, 1.54) is 0 Å². The number of nitrogens with zero attached hydrogens (tertiary/aromatic N) is 2. The molecule has 82 valence electrons. The van der Waals surface area contributed by atoms with Gasteiger partial charge in [0.05, 0.1) is 6.20 Å². The number of carboxylic acid groups (broad SMARTS) is 1. The highest BCUT2D eigenvalue weighted by atomic mass is 16.4. The van der Waals surface area contributed by atoms with Crippen molar-refractivity contribution < 1.29 is 9.90 Å². The molecule has 0 bridgehead atoms. The van der Waals surface area contributed by atoms with Crippen LogP contribution in [0.5, 0.6) is 0 Å². The standard InChI is InChI=1S/C10H15N3O2/c1-13-6-7(5-12-13)4-11-9(10(14)15)8-2-3-8/h5-6,8-9,11H,2-4H2,1H3,(H,14,15). The average Bonchev–Trinajstić information content (AvgIpc) is 2.90. The van der Waals surface area contributed by atoms with Gasteiger partial charge in [-0.3, -0.25) is 14.8 Å². The van der Waals surface area contributed by atoms with Gasteiger partial charge in [-0.15, -0.1) is 0 Å². The SMILES string of the molecule is Cn1cc(CNC(C(=O)O)C2CC2)cn1. The summed E-state index contributed by atoms with van der Waals surface area (Å²) in [5.74, 6) is -0.430. The van der Waals surface area contributed by atoms with Crippen molar-refractivity contribution in [2.24, 2.45) is 13.0 Å². The maximum absolute atomic E-state index is 10.9. The van der Waals surface area contributed by atoms with E-state index in [-0.39, 0.29) is 0 Å². The van der Waals surface area contributed by atoms with Crippen LogP contribution in [-0.4, -0.2) is 26.9 Å². The van der Waals surface area contributed by atoms with Gasteiger partial charge in [0.2, 0.25) is 0 Å². The Morgan fingerprint density at radius 3 is 3.00 bits per heavy atom. The van der Waals surface area contributed by atoms with Crippen LogP contribution in [0, 0.1) is 5.92 Å². The number of rotatable bonds is 5. The first-order valence-electron chi connectivity index (χ1n) is 5.10. The molecule has 1 aliphatic rings. The molecule has 1 fully saturated rings. The van der Waals surface area contributed by atoms with Gasteiger partial charge in [-0.2, -0.15) is 5.10 Å². The Labute approximate surface area is 88.1 Å². The van der Waals surface area contributed by atoms with Gasteiger partial charge in [0.1, 0.15) is 6.04 Å². The van der Waals surface area contributed by atoms with E-state index in [0.29, 0.717) is 12.5 Å². The fraction of sp³-hybridized carbons (Fsp3) is 0.600. The van der Waals surface area contributed by atoms with Crippen molar-refractivity contribution in [1.82, 2.24) is 15.1 Å². The van der Waals surface area contributed by atoms with Gasteiger partial charge in [0, 0.05) is 25.4 Å². The van der Waals surface area contributed by atoms with Crippen molar-refractivity contribution in [3.05, 3.63) is 18.0 Å². The van der Waals surface area contributed by atoms with E-state index in [1.54, 1.807) is 10.9 Å². The number of hydrogen-bond acceptors (Lipinski definition) is 3. The lowest BCUT2D eigenvalue weighted by molar-refractivity contribution is -0.140. The number of carboxylic acids is 1. The van der Waals surface area contributed by atoms with Crippen LogP contribution in [0.15, 0.2) is 12.4 Å². The monoisotopic (exact) mass is 209 g/mol. The second-order valence-corrected chi connectivity index (χ2v) is 4.06. The van der Waals surface area contributed by atoms with Crippen molar-refractivity contribution in [3.63, 3.8) is 0 Å². The van der Waals surface area contributed by atoms with Crippen LogP contribution >= 0.6 is 0 Å². The van der Waals surface area contributed by atoms with Crippen molar-refractivity contribution in [3.8, 4) is 0 Å². The number of aromatic nitrogens is 2. The Morgan fingerprint density at radius 1 is 1.80 bits per heavy atom. The predicted octanol–water partition coefficient (Wildman–Crippen LogP) is 0.373. The summed E-state index contributed by atoms with van der Waals surface area (Å²) < 4.78 is 1.71. The van der Waals surface area contributed by atoms with Crippen LogP contribution in [0.2, 0.25) is 0 Å². The van der Waals surface area contributed by atoms with Crippen LogP contribution in [0.1, 0.15) is 18.4 Å². The molecule has 0 saturated heterocycles. The first kappa shape index (κ1) is 10.2. The molecule has 0 aromatic carbocycles. The molecule has 2 N–H and O–H groups in total. The molecule has 1 aliphatic carbocycles. The third kappa shape index (κ3) is 2.56. The Morgan fingerprint density at radius 2 is 2.53 bits per heavy atom. The molecular weight excluding hydrogens is 194 g/mol. The van der Waals surface area contributed by atoms with Gasteiger partial charge >= 0.3 is 5.97 Å². The third-order valence-electron chi connectivity index (χ3n) is 2.64. The van der Waals surface area contributed by atoms with E-state index in [9.17, 15) is 4.79 Å². The summed E-state index contributed by atoms with van der Waals surface area (Å²) in [5.41, 5.74) is 1.02. The summed E-state index contributed by atoms with van der Waals surface area (Å²) >= 11 is 0. The lowest BCUT2D eigenvalue weighted by atomic mass is 10.2. The highest BCUT2D eigenvalue weighted by Gasteiger charge is 2.35. The van der Waals surface area contributed by atoms with Gasteiger partial charge < -0.3 is 5.11 Å². The fourth-order valence-corrected chi connectivity index (χ4v) is 1.68. The lowest BCUT2D eigenvalue weighted by Gasteiger charge is -2.12. The summed E-state index contributed by atoms with van der Waals surface area (Å²) in [7, 11) is 1.85. The van der Waals surface area contributed by atoms with E-state index in [1.807, 2.05) is 13.2 Å². The van der Waals surface area contributed by atoms with Gasteiger partial charge in [-0.1, -0.05) is 0 Å². The van der Waals surface area contributed by atoms with Crippen molar-refractivity contribution >= 4 is 5.97 Å². The van der Waals surface area contributed by atoms with Crippen LogP contribution in [0.3, 0.4) is 0 Å². The molecule has 1 saturated carbocycles. The summed E-state index contributed by atoms with van der Waals surface area (Å²) in [6.45, 7) is 0.571. The molecule has 1 aromatic heterocycles. The van der Waals surface area contributed by atoms with Gasteiger partial charge in [-0.05, 0) is 18.8 Å². The minimum absolute atomic E-state index is 0.319. The first-order chi connectivity index (χ1) is 7.16. The summed E-state index contributed by atoms with van der Waals surface area (Å²) in [4.78, 5) is 10.9. The normalized spacial score (nSPS) is 17.7. The highest BCUT2D eigenvalue weighted by Crippen LogP contribution is 2.32. The van der Waals surface area contributed by atoms with Gasteiger partial charge in [0.25, 0.3) is 0 Å². The maximum atomic E-state index is 10.9.